The number of aromatic nitrogens is 2. The van der Waals surface area contributed by atoms with Crippen LogP contribution in [0.3, 0.4) is 0 Å². The maximum atomic E-state index is 13.2. The molecule has 24 heavy (non-hydrogen) atoms. The van der Waals surface area contributed by atoms with Crippen molar-refractivity contribution in [1.82, 2.24) is 9.55 Å². The molecule has 1 unspecified atom stereocenters. The number of thioether (sulfide) groups is 1. The summed E-state index contributed by atoms with van der Waals surface area (Å²) in [5.41, 5.74) is 2.49. The lowest BCUT2D eigenvalue weighted by atomic mass is 10.1. The van der Waals surface area contributed by atoms with Gasteiger partial charge in [0, 0.05) is 6.42 Å². The quantitative estimate of drug-likeness (QED) is 0.573. The fourth-order valence-electron chi connectivity index (χ4n) is 3.34. The molecule has 3 aromatic rings. The van der Waals surface area contributed by atoms with Crippen LogP contribution >= 0.6 is 23.1 Å². The van der Waals surface area contributed by atoms with Crippen molar-refractivity contribution in [2.75, 3.05) is 19.8 Å². The molecule has 1 aliphatic rings. The van der Waals surface area contributed by atoms with Gasteiger partial charge in [-0.15, -0.1) is 11.3 Å². The van der Waals surface area contributed by atoms with Crippen molar-refractivity contribution >= 4 is 33.3 Å². The van der Waals surface area contributed by atoms with E-state index in [0.29, 0.717) is 6.54 Å². The van der Waals surface area contributed by atoms with E-state index >= 15 is 0 Å². The van der Waals surface area contributed by atoms with Crippen LogP contribution in [-0.2, 0) is 19.5 Å². The SMILES string of the molecule is CSc1nc2sc3c(c2c(=O)n1Cc1ccccc1)CC[NH+](C)C3. The number of thiophene rings is 1. The van der Waals surface area contributed by atoms with Crippen LogP contribution in [0, 0.1) is 0 Å². The van der Waals surface area contributed by atoms with Gasteiger partial charge in [-0.25, -0.2) is 4.98 Å². The highest BCUT2D eigenvalue weighted by molar-refractivity contribution is 7.98. The maximum absolute atomic E-state index is 13.2. The van der Waals surface area contributed by atoms with E-state index in [1.165, 1.54) is 15.3 Å². The molecule has 0 aliphatic carbocycles. The van der Waals surface area contributed by atoms with Crippen LogP contribution in [0.25, 0.3) is 10.2 Å². The molecule has 0 saturated carbocycles. The van der Waals surface area contributed by atoms with Crippen LogP contribution < -0.4 is 10.5 Å². The van der Waals surface area contributed by atoms with E-state index in [1.54, 1.807) is 23.1 Å². The largest absolute Gasteiger partial charge is 0.333 e. The van der Waals surface area contributed by atoms with Gasteiger partial charge in [-0.3, -0.25) is 9.36 Å². The van der Waals surface area contributed by atoms with Crippen LogP contribution in [0.4, 0.5) is 0 Å². The maximum Gasteiger partial charge on any atom is 0.263 e. The van der Waals surface area contributed by atoms with Gasteiger partial charge in [0.1, 0.15) is 11.4 Å². The summed E-state index contributed by atoms with van der Waals surface area (Å²) in [6.45, 7) is 2.67. The van der Waals surface area contributed by atoms with Gasteiger partial charge in [0.2, 0.25) is 0 Å². The molecule has 0 amide bonds. The van der Waals surface area contributed by atoms with E-state index in [2.05, 4.69) is 19.2 Å². The first-order valence-electron chi connectivity index (χ1n) is 8.11. The molecule has 4 nitrogen and oxygen atoms in total. The molecule has 1 aliphatic heterocycles. The second kappa shape index (κ2) is 6.35. The summed E-state index contributed by atoms with van der Waals surface area (Å²) >= 11 is 3.25. The average molecular weight is 359 g/mol. The number of likely N-dealkylation sites (N-methyl/N-ethyl adjacent to an activating group) is 1. The third-order valence-corrected chi connectivity index (χ3v) is 6.39. The van der Waals surface area contributed by atoms with E-state index in [1.807, 2.05) is 29.0 Å². The summed E-state index contributed by atoms with van der Waals surface area (Å²) in [6.07, 6.45) is 2.96. The first-order chi connectivity index (χ1) is 11.7. The predicted molar refractivity (Wildman–Crippen MR) is 100 cm³/mol. The number of hydrogen-bond acceptors (Lipinski definition) is 4. The van der Waals surface area contributed by atoms with E-state index < -0.39 is 0 Å². The minimum atomic E-state index is 0.116. The monoisotopic (exact) mass is 358 g/mol. The number of nitrogens with one attached hydrogen (secondary N) is 1. The Kier molecular flexibility index (Phi) is 4.20. The second-order valence-electron chi connectivity index (χ2n) is 6.29. The predicted octanol–water partition coefficient (Wildman–Crippen LogP) is 1.80. The van der Waals surface area contributed by atoms with Gasteiger partial charge in [-0.2, -0.15) is 0 Å². The number of nitrogens with zero attached hydrogens (tertiary/aromatic N) is 2. The van der Waals surface area contributed by atoms with Crippen molar-refractivity contribution in [1.29, 1.82) is 0 Å². The highest BCUT2D eigenvalue weighted by atomic mass is 32.2. The molecule has 0 saturated heterocycles. The first kappa shape index (κ1) is 15.9. The molecular formula is C18H20N3OS2+. The van der Waals surface area contributed by atoms with Crippen molar-refractivity contribution < 1.29 is 4.90 Å². The molecule has 0 spiro atoms. The molecule has 3 heterocycles. The fourth-order valence-corrected chi connectivity index (χ4v) is 5.27. The zero-order valence-corrected chi connectivity index (χ0v) is 15.5. The average Bonchev–Trinajstić information content (AvgIpc) is 2.95. The minimum absolute atomic E-state index is 0.116. The lowest BCUT2D eigenvalue weighted by Crippen LogP contribution is -3.08. The highest BCUT2D eigenvalue weighted by Crippen LogP contribution is 2.30. The van der Waals surface area contributed by atoms with Gasteiger partial charge in [0.25, 0.3) is 5.56 Å². The Morgan fingerprint density at radius 2 is 2.12 bits per heavy atom. The summed E-state index contributed by atoms with van der Waals surface area (Å²) in [6, 6.07) is 10.1. The molecule has 6 heteroatoms. The summed E-state index contributed by atoms with van der Waals surface area (Å²) in [5.74, 6) is 0. The molecule has 4 rings (SSSR count). The summed E-state index contributed by atoms with van der Waals surface area (Å²) < 4.78 is 1.83. The smallest absolute Gasteiger partial charge is 0.263 e. The van der Waals surface area contributed by atoms with Crippen molar-refractivity contribution in [2.24, 2.45) is 0 Å². The lowest BCUT2D eigenvalue weighted by molar-refractivity contribution is -0.895. The third-order valence-electron chi connectivity index (χ3n) is 4.59. The Morgan fingerprint density at radius 3 is 2.88 bits per heavy atom. The normalized spacial score (nSPS) is 17.2. The number of fused-ring (bicyclic) bond motifs is 3. The number of hydrogen-bond donors (Lipinski definition) is 1. The zero-order valence-electron chi connectivity index (χ0n) is 13.8. The van der Waals surface area contributed by atoms with Gasteiger partial charge < -0.3 is 4.90 Å². The molecule has 2 aromatic heterocycles. The number of quaternary nitrogens is 1. The third kappa shape index (κ3) is 2.68. The van der Waals surface area contributed by atoms with Gasteiger partial charge in [0.05, 0.1) is 30.4 Å². The minimum Gasteiger partial charge on any atom is -0.333 e. The van der Waals surface area contributed by atoms with E-state index in [4.69, 9.17) is 4.98 Å². The van der Waals surface area contributed by atoms with E-state index in [9.17, 15) is 4.79 Å². The topological polar surface area (TPSA) is 39.3 Å². The Bertz CT molecular complexity index is 946. The lowest BCUT2D eigenvalue weighted by Gasteiger charge is -2.19. The molecule has 1 aromatic carbocycles. The molecule has 0 fully saturated rings. The number of benzene rings is 1. The molecule has 1 N–H and O–H groups in total. The van der Waals surface area contributed by atoms with Crippen LogP contribution in [0.15, 0.2) is 40.3 Å². The molecular weight excluding hydrogens is 338 g/mol. The van der Waals surface area contributed by atoms with Crippen LogP contribution in [0.5, 0.6) is 0 Å². The Hall–Kier alpha value is -1.63. The van der Waals surface area contributed by atoms with Crippen molar-refractivity contribution in [2.45, 2.75) is 24.7 Å². The molecule has 0 radical (unpaired) electrons. The van der Waals surface area contributed by atoms with Gasteiger partial charge >= 0.3 is 0 Å². The molecule has 1 atom stereocenters. The summed E-state index contributed by atoms with van der Waals surface area (Å²) in [5, 5.41) is 1.66. The van der Waals surface area contributed by atoms with Gasteiger partial charge in [-0.1, -0.05) is 42.1 Å². The van der Waals surface area contributed by atoms with E-state index in [-0.39, 0.29) is 5.56 Å². The van der Waals surface area contributed by atoms with Crippen molar-refractivity contribution in [3.63, 3.8) is 0 Å². The Labute approximate surface area is 149 Å². The molecule has 124 valence electrons. The Balaban J connectivity index is 1.90. The first-order valence-corrected chi connectivity index (χ1v) is 10.2. The van der Waals surface area contributed by atoms with Gasteiger partial charge in [0.15, 0.2) is 5.16 Å². The second-order valence-corrected chi connectivity index (χ2v) is 8.15. The molecule has 0 bridgehead atoms. The van der Waals surface area contributed by atoms with Crippen LogP contribution in [-0.4, -0.2) is 29.4 Å². The Morgan fingerprint density at radius 1 is 1.33 bits per heavy atom. The summed E-state index contributed by atoms with van der Waals surface area (Å²) in [7, 11) is 2.21. The van der Waals surface area contributed by atoms with Crippen LogP contribution in [0.2, 0.25) is 0 Å². The number of rotatable bonds is 3. The van der Waals surface area contributed by atoms with Crippen molar-refractivity contribution in [3.8, 4) is 0 Å². The van der Waals surface area contributed by atoms with Gasteiger partial charge in [-0.05, 0) is 17.4 Å². The van der Waals surface area contributed by atoms with E-state index in [0.717, 1.165) is 40.4 Å². The fraction of sp³-hybridized carbons (Fsp3) is 0.333. The highest BCUT2D eigenvalue weighted by Gasteiger charge is 2.25. The standard InChI is InChI=1S/C18H19N3OS2/c1-20-9-8-13-14(11-20)24-16-15(13)17(22)21(18(19-16)23-2)10-12-6-4-3-5-7-12/h3-7H,8-11H2,1-2H3/p+1. The summed E-state index contributed by atoms with van der Waals surface area (Å²) in [4.78, 5) is 21.8. The van der Waals surface area contributed by atoms with Crippen molar-refractivity contribution in [3.05, 3.63) is 56.7 Å². The zero-order chi connectivity index (χ0) is 16.7. The van der Waals surface area contributed by atoms with Crippen LogP contribution in [0.1, 0.15) is 16.0 Å².